The fraction of sp³-hybridized carbons (Fsp3) is 0. The van der Waals surface area contributed by atoms with Crippen molar-refractivity contribution in [2.75, 3.05) is 0 Å². The van der Waals surface area contributed by atoms with Gasteiger partial charge in [-0.25, -0.2) is 0 Å². The molecule has 2 rings (SSSR count). The molecular weight excluding hydrogens is 202 g/mol. The molecule has 2 aromatic rings. The topological polar surface area (TPSA) is 47.8 Å². The minimum absolute atomic E-state index is 0.149. The fourth-order valence-electron chi connectivity index (χ4n) is 1.04. The van der Waals surface area contributed by atoms with E-state index in [1.54, 1.807) is 0 Å². The lowest BCUT2D eigenvalue weighted by Crippen LogP contribution is -1.99. The Labute approximate surface area is 85.1 Å². The van der Waals surface area contributed by atoms with Gasteiger partial charge in [-0.15, -0.1) is 5.10 Å². The molecule has 14 heavy (non-hydrogen) atoms. The van der Waals surface area contributed by atoms with Gasteiger partial charge < -0.3 is 0 Å². The van der Waals surface area contributed by atoms with Crippen molar-refractivity contribution >= 4 is 16.8 Å². The van der Waals surface area contributed by atoms with Crippen LogP contribution in [0.25, 0.3) is 5.69 Å². The summed E-state index contributed by atoms with van der Waals surface area (Å²) >= 11 is 5.25. The third-order valence-corrected chi connectivity index (χ3v) is 1.87. The molecule has 4 nitrogen and oxygen atoms in total. The van der Waals surface area contributed by atoms with E-state index in [-0.39, 0.29) is 5.69 Å². The summed E-state index contributed by atoms with van der Waals surface area (Å²) in [6, 6.07) is 9.29. The predicted molar refractivity (Wildman–Crippen MR) is 51.5 cm³/mol. The van der Waals surface area contributed by atoms with Crippen LogP contribution in [0.5, 0.6) is 0 Å². The molecule has 1 aromatic carbocycles. The van der Waals surface area contributed by atoms with Crippen molar-refractivity contribution in [3.05, 3.63) is 42.2 Å². The Bertz CT molecular complexity index is 452. The minimum atomic E-state index is -0.604. The summed E-state index contributed by atoms with van der Waals surface area (Å²) in [5, 5.41) is 7.21. The summed E-state index contributed by atoms with van der Waals surface area (Å²) in [4.78, 5) is 12.1. The summed E-state index contributed by atoms with van der Waals surface area (Å²) in [5.41, 5.74) is 0.937. The zero-order chi connectivity index (χ0) is 9.97. The molecule has 0 N–H and O–H groups in total. The van der Waals surface area contributed by atoms with E-state index in [4.69, 9.17) is 11.6 Å². The van der Waals surface area contributed by atoms with E-state index in [1.165, 1.54) is 11.0 Å². The van der Waals surface area contributed by atoms with Gasteiger partial charge in [-0.05, 0) is 23.7 Å². The molecule has 0 aliphatic rings. The normalized spacial score (nSPS) is 10.1. The maximum Gasteiger partial charge on any atom is 0.274 e. The number of benzene rings is 1. The number of hydrogen-bond donors (Lipinski definition) is 0. The van der Waals surface area contributed by atoms with Crippen LogP contribution >= 0.6 is 11.6 Å². The average Bonchev–Trinajstić information content (AvgIpc) is 2.68. The second-order valence-electron chi connectivity index (χ2n) is 2.63. The molecule has 0 radical (unpaired) electrons. The number of halogens is 1. The van der Waals surface area contributed by atoms with Crippen molar-refractivity contribution in [1.29, 1.82) is 0 Å². The van der Waals surface area contributed by atoms with E-state index in [2.05, 4.69) is 10.2 Å². The van der Waals surface area contributed by atoms with Gasteiger partial charge >= 0.3 is 0 Å². The van der Waals surface area contributed by atoms with Crippen molar-refractivity contribution in [3.8, 4) is 5.69 Å². The maximum absolute atomic E-state index is 10.7. The third kappa shape index (κ3) is 1.65. The third-order valence-electron chi connectivity index (χ3n) is 1.68. The van der Waals surface area contributed by atoms with Gasteiger partial charge in [0.2, 0.25) is 0 Å². The molecule has 0 atom stereocenters. The predicted octanol–water partition coefficient (Wildman–Crippen LogP) is 1.65. The van der Waals surface area contributed by atoms with Crippen LogP contribution in [0.4, 0.5) is 0 Å². The molecule has 0 saturated heterocycles. The molecule has 0 fully saturated rings. The highest BCUT2D eigenvalue weighted by atomic mass is 35.5. The zero-order valence-corrected chi connectivity index (χ0v) is 7.85. The second kappa shape index (κ2) is 3.59. The van der Waals surface area contributed by atoms with Crippen molar-refractivity contribution in [1.82, 2.24) is 15.0 Å². The standard InChI is InChI=1S/C9H6ClN3O/c10-9(14)8-6-11-13(12-8)7-4-2-1-3-5-7/h1-6H. The van der Waals surface area contributed by atoms with Crippen LogP contribution in [0.15, 0.2) is 36.5 Å². The highest BCUT2D eigenvalue weighted by Gasteiger charge is 2.07. The summed E-state index contributed by atoms with van der Waals surface area (Å²) in [7, 11) is 0. The average molecular weight is 208 g/mol. The Morgan fingerprint density at radius 1 is 1.29 bits per heavy atom. The Kier molecular flexibility index (Phi) is 2.28. The number of aromatic nitrogens is 3. The Morgan fingerprint density at radius 2 is 2.00 bits per heavy atom. The molecule has 1 aromatic heterocycles. The molecule has 0 aliphatic heterocycles. The van der Waals surface area contributed by atoms with Crippen LogP contribution in [0.1, 0.15) is 10.5 Å². The molecule has 5 heteroatoms. The van der Waals surface area contributed by atoms with E-state index >= 15 is 0 Å². The number of rotatable bonds is 2. The van der Waals surface area contributed by atoms with Crippen LogP contribution < -0.4 is 0 Å². The van der Waals surface area contributed by atoms with E-state index < -0.39 is 5.24 Å². The lowest BCUT2D eigenvalue weighted by Gasteiger charge is -1.96. The second-order valence-corrected chi connectivity index (χ2v) is 2.97. The van der Waals surface area contributed by atoms with Crippen molar-refractivity contribution < 1.29 is 4.79 Å². The van der Waals surface area contributed by atoms with Crippen LogP contribution in [0, 0.1) is 0 Å². The Balaban J connectivity index is 2.39. The molecule has 70 valence electrons. The molecule has 1 heterocycles. The summed E-state index contributed by atoms with van der Waals surface area (Å²) in [6.45, 7) is 0. The smallest absolute Gasteiger partial charge is 0.274 e. The monoisotopic (exact) mass is 207 g/mol. The van der Waals surface area contributed by atoms with Crippen LogP contribution in [-0.2, 0) is 0 Å². The van der Waals surface area contributed by atoms with Gasteiger partial charge in [-0.2, -0.15) is 9.90 Å². The number of hydrogen-bond acceptors (Lipinski definition) is 3. The first-order chi connectivity index (χ1) is 6.77. The number of nitrogens with zero attached hydrogens (tertiary/aromatic N) is 3. The quantitative estimate of drug-likeness (QED) is 0.704. The zero-order valence-electron chi connectivity index (χ0n) is 7.09. The molecular formula is C9H6ClN3O. The maximum atomic E-state index is 10.7. The van der Waals surface area contributed by atoms with Gasteiger partial charge in [0.05, 0.1) is 11.9 Å². The Morgan fingerprint density at radius 3 is 2.57 bits per heavy atom. The minimum Gasteiger partial charge on any atom is -0.274 e. The summed E-state index contributed by atoms with van der Waals surface area (Å²) < 4.78 is 0. The summed E-state index contributed by atoms with van der Waals surface area (Å²) in [5.74, 6) is 0. The van der Waals surface area contributed by atoms with E-state index in [9.17, 15) is 4.79 Å². The van der Waals surface area contributed by atoms with Crippen LogP contribution in [-0.4, -0.2) is 20.2 Å². The van der Waals surface area contributed by atoms with Gasteiger partial charge in [0, 0.05) is 0 Å². The largest absolute Gasteiger partial charge is 0.274 e. The Hall–Kier alpha value is -1.68. The molecule has 0 spiro atoms. The highest BCUT2D eigenvalue weighted by molar-refractivity contribution is 6.67. The lowest BCUT2D eigenvalue weighted by atomic mass is 10.3. The first-order valence-electron chi connectivity index (χ1n) is 3.95. The van der Waals surface area contributed by atoms with E-state index in [0.717, 1.165) is 5.69 Å². The molecule has 0 unspecified atom stereocenters. The van der Waals surface area contributed by atoms with Gasteiger partial charge in [-0.1, -0.05) is 18.2 Å². The van der Waals surface area contributed by atoms with Crippen molar-refractivity contribution in [3.63, 3.8) is 0 Å². The van der Waals surface area contributed by atoms with E-state index in [1.807, 2.05) is 30.3 Å². The van der Waals surface area contributed by atoms with Crippen LogP contribution in [0.2, 0.25) is 0 Å². The van der Waals surface area contributed by atoms with Crippen molar-refractivity contribution in [2.45, 2.75) is 0 Å². The van der Waals surface area contributed by atoms with E-state index in [0.29, 0.717) is 0 Å². The number of carbonyl (C=O) groups is 1. The molecule has 0 aliphatic carbocycles. The molecule has 0 saturated carbocycles. The molecule has 0 amide bonds. The highest BCUT2D eigenvalue weighted by Crippen LogP contribution is 2.05. The van der Waals surface area contributed by atoms with Crippen molar-refractivity contribution in [2.24, 2.45) is 0 Å². The molecule has 0 bridgehead atoms. The summed E-state index contributed by atoms with van der Waals surface area (Å²) in [6.07, 6.45) is 1.34. The lowest BCUT2D eigenvalue weighted by molar-refractivity contribution is 0.107. The first kappa shape index (κ1) is 8.90. The van der Waals surface area contributed by atoms with Crippen LogP contribution in [0.3, 0.4) is 0 Å². The number of para-hydroxylation sites is 1. The number of carbonyl (C=O) groups excluding carboxylic acids is 1. The van der Waals surface area contributed by atoms with Gasteiger partial charge in [-0.3, -0.25) is 4.79 Å². The van der Waals surface area contributed by atoms with Gasteiger partial charge in [0.15, 0.2) is 5.69 Å². The van der Waals surface area contributed by atoms with Gasteiger partial charge in [0.1, 0.15) is 0 Å². The van der Waals surface area contributed by atoms with Gasteiger partial charge in [0.25, 0.3) is 5.24 Å². The first-order valence-corrected chi connectivity index (χ1v) is 4.33. The SMILES string of the molecule is O=C(Cl)c1cnn(-c2ccccc2)n1. The fourth-order valence-corrected chi connectivity index (χ4v) is 1.13.